The van der Waals surface area contributed by atoms with Crippen molar-refractivity contribution in [3.8, 4) is 0 Å². The number of carboxylic acids is 1. The standard InChI is InChI=1S/C17H23N3O.C2HF3O2/c1-13-9-10-16(19-13)17(21)18-12-15(20(2)3)11-14-7-5-4-6-8-14;3-2(4,5)1(6)7/h4-10,15,19H,11-12H2,1-3H3,(H,18,21);(H,6,7). The number of aliphatic carboxylic acids is 1. The number of benzene rings is 1. The number of aromatic nitrogens is 1. The minimum absolute atomic E-state index is 0.0528. The highest BCUT2D eigenvalue weighted by atomic mass is 19.4. The van der Waals surface area contributed by atoms with E-state index < -0.39 is 12.1 Å². The molecule has 0 aliphatic rings. The van der Waals surface area contributed by atoms with E-state index in [2.05, 4.69) is 27.3 Å². The number of carboxylic acid groups (broad SMARTS) is 1. The molecule has 3 N–H and O–H groups in total. The summed E-state index contributed by atoms with van der Waals surface area (Å²) in [7, 11) is 4.08. The van der Waals surface area contributed by atoms with Gasteiger partial charge in [0.1, 0.15) is 5.69 Å². The summed E-state index contributed by atoms with van der Waals surface area (Å²) < 4.78 is 31.7. The van der Waals surface area contributed by atoms with Crippen LogP contribution in [-0.4, -0.2) is 59.7 Å². The predicted molar refractivity (Wildman–Crippen MR) is 99.2 cm³/mol. The average Bonchev–Trinajstić information content (AvgIpc) is 3.05. The number of carbonyl (C=O) groups excluding carboxylic acids is 1. The van der Waals surface area contributed by atoms with Crippen LogP contribution in [0.3, 0.4) is 0 Å². The second-order valence-corrected chi connectivity index (χ2v) is 6.38. The molecule has 6 nitrogen and oxygen atoms in total. The molecule has 1 amide bonds. The van der Waals surface area contributed by atoms with Crippen LogP contribution in [0.25, 0.3) is 0 Å². The van der Waals surface area contributed by atoms with E-state index in [9.17, 15) is 18.0 Å². The maximum absolute atomic E-state index is 12.1. The number of halogens is 3. The smallest absolute Gasteiger partial charge is 0.475 e. The quantitative estimate of drug-likeness (QED) is 0.697. The maximum Gasteiger partial charge on any atom is 0.490 e. The van der Waals surface area contributed by atoms with Crippen molar-refractivity contribution < 1.29 is 27.9 Å². The third kappa shape index (κ3) is 8.26. The van der Waals surface area contributed by atoms with Crippen LogP contribution in [0.15, 0.2) is 42.5 Å². The molecule has 1 aromatic carbocycles. The fourth-order valence-corrected chi connectivity index (χ4v) is 2.27. The summed E-state index contributed by atoms with van der Waals surface area (Å²) in [5, 5.41) is 10.1. The molecule has 1 aromatic heterocycles. The van der Waals surface area contributed by atoms with E-state index in [1.165, 1.54) is 5.56 Å². The van der Waals surface area contributed by atoms with E-state index in [0.29, 0.717) is 12.2 Å². The summed E-state index contributed by atoms with van der Waals surface area (Å²) in [4.78, 5) is 26.2. The monoisotopic (exact) mass is 399 g/mol. The van der Waals surface area contributed by atoms with Crippen molar-refractivity contribution in [1.29, 1.82) is 0 Å². The fraction of sp³-hybridized carbons (Fsp3) is 0.368. The number of carbonyl (C=O) groups is 2. The number of rotatable bonds is 6. The number of alkyl halides is 3. The first kappa shape index (κ1) is 23.2. The lowest BCUT2D eigenvalue weighted by molar-refractivity contribution is -0.192. The molecule has 1 atom stereocenters. The zero-order valence-electron chi connectivity index (χ0n) is 15.9. The number of aromatic amines is 1. The molecule has 0 saturated carbocycles. The summed E-state index contributed by atoms with van der Waals surface area (Å²) in [5.41, 5.74) is 2.89. The average molecular weight is 399 g/mol. The van der Waals surface area contributed by atoms with Crippen LogP contribution in [0.5, 0.6) is 0 Å². The van der Waals surface area contributed by atoms with Crippen LogP contribution in [-0.2, 0) is 11.2 Å². The highest BCUT2D eigenvalue weighted by molar-refractivity contribution is 5.92. The third-order valence-corrected chi connectivity index (χ3v) is 3.86. The van der Waals surface area contributed by atoms with Gasteiger partial charge in [-0.25, -0.2) is 4.79 Å². The van der Waals surface area contributed by atoms with Crippen molar-refractivity contribution in [2.75, 3.05) is 20.6 Å². The van der Waals surface area contributed by atoms with Crippen LogP contribution in [0, 0.1) is 6.92 Å². The SMILES string of the molecule is Cc1ccc(C(=O)NCC(Cc2ccccc2)N(C)C)[nH]1.O=C(O)C(F)(F)F. The van der Waals surface area contributed by atoms with E-state index >= 15 is 0 Å². The highest BCUT2D eigenvalue weighted by Crippen LogP contribution is 2.13. The number of hydrogen-bond acceptors (Lipinski definition) is 3. The predicted octanol–water partition coefficient (Wildman–Crippen LogP) is 2.86. The lowest BCUT2D eigenvalue weighted by Crippen LogP contribution is -2.41. The molecule has 9 heteroatoms. The van der Waals surface area contributed by atoms with Crippen molar-refractivity contribution in [3.05, 3.63) is 59.4 Å². The third-order valence-electron chi connectivity index (χ3n) is 3.86. The van der Waals surface area contributed by atoms with Gasteiger partial charge >= 0.3 is 12.1 Å². The molecule has 1 unspecified atom stereocenters. The van der Waals surface area contributed by atoms with Gasteiger partial charge in [0.15, 0.2) is 0 Å². The minimum Gasteiger partial charge on any atom is -0.475 e. The lowest BCUT2D eigenvalue weighted by Gasteiger charge is -2.24. The van der Waals surface area contributed by atoms with Crippen molar-refractivity contribution >= 4 is 11.9 Å². The number of H-pyrrole nitrogens is 1. The van der Waals surface area contributed by atoms with Gasteiger partial charge < -0.3 is 20.3 Å². The van der Waals surface area contributed by atoms with E-state index in [1.807, 2.05) is 51.4 Å². The summed E-state index contributed by atoms with van der Waals surface area (Å²) in [5.74, 6) is -2.81. The summed E-state index contributed by atoms with van der Waals surface area (Å²) in [6.45, 7) is 2.56. The van der Waals surface area contributed by atoms with Gasteiger partial charge in [-0.2, -0.15) is 13.2 Å². The molecule has 0 radical (unpaired) electrons. The molecular weight excluding hydrogens is 375 g/mol. The molecule has 1 heterocycles. The Morgan fingerprint density at radius 1 is 1.14 bits per heavy atom. The minimum atomic E-state index is -5.08. The van der Waals surface area contributed by atoms with Gasteiger partial charge in [0.2, 0.25) is 0 Å². The first-order chi connectivity index (χ1) is 13.0. The normalized spacial score (nSPS) is 12.1. The molecule has 2 aromatic rings. The number of aryl methyl sites for hydroxylation is 1. The Hall–Kier alpha value is -2.81. The van der Waals surface area contributed by atoms with Gasteiger partial charge in [-0.3, -0.25) is 4.79 Å². The zero-order valence-corrected chi connectivity index (χ0v) is 15.9. The number of likely N-dealkylation sites (N-methyl/N-ethyl adjacent to an activating group) is 1. The van der Waals surface area contributed by atoms with Crippen molar-refractivity contribution in [2.24, 2.45) is 0 Å². The molecule has 0 saturated heterocycles. The maximum atomic E-state index is 12.1. The number of hydrogen-bond donors (Lipinski definition) is 3. The molecule has 28 heavy (non-hydrogen) atoms. The largest absolute Gasteiger partial charge is 0.490 e. The molecule has 0 aliphatic carbocycles. The second-order valence-electron chi connectivity index (χ2n) is 6.38. The second kappa shape index (κ2) is 10.5. The van der Waals surface area contributed by atoms with Gasteiger partial charge in [0.05, 0.1) is 0 Å². The van der Waals surface area contributed by atoms with Gasteiger partial charge in [-0.15, -0.1) is 0 Å². The highest BCUT2D eigenvalue weighted by Gasteiger charge is 2.38. The summed E-state index contributed by atoms with van der Waals surface area (Å²) in [6, 6.07) is 14.3. The van der Waals surface area contributed by atoms with E-state index in [-0.39, 0.29) is 11.9 Å². The van der Waals surface area contributed by atoms with E-state index in [4.69, 9.17) is 9.90 Å². The Labute approximate surface area is 161 Å². The first-order valence-corrected chi connectivity index (χ1v) is 8.45. The molecule has 0 bridgehead atoms. The fourth-order valence-electron chi connectivity index (χ4n) is 2.27. The first-order valence-electron chi connectivity index (χ1n) is 8.45. The van der Waals surface area contributed by atoms with Crippen LogP contribution < -0.4 is 5.32 Å². The number of nitrogens with one attached hydrogen (secondary N) is 2. The van der Waals surface area contributed by atoms with Crippen LogP contribution in [0.2, 0.25) is 0 Å². The van der Waals surface area contributed by atoms with Crippen molar-refractivity contribution in [1.82, 2.24) is 15.2 Å². The Kier molecular flexibility index (Phi) is 8.72. The molecule has 0 fully saturated rings. The van der Waals surface area contributed by atoms with Crippen molar-refractivity contribution in [3.63, 3.8) is 0 Å². The van der Waals surface area contributed by atoms with Gasteiger partial charge in [0, 0.05) is 18.3 Å². The Bertz CT molecular complexity index is 759. The Morgan fingerprint density at radius 2 is 1.71 bits per heavy atom. The summed E-state index contributed by atoms with van der Waals surface area (Å²) in [6.07, 6.45) is -4.17. The molecule has 154 valence electrons. The van der Waals surface area contributed by atoms with E-state index in [0.717, 1.165) is 12.1 Å². The Balaban J connectivity index is 0.000000480. The lowest BCUT2D eigenvalue weighted by atomic mass is 10.1. The van der Waals surface area contributed by atoms with Crippen molar-refractivity contribution in [2.45, 2.75) is 25.6 Å². The molecular formula is C19H24F3N3O3. The van der Waals surface area contributed by atoms with Crippen LogP contribution in [0.1, 0.15) is 21.7 Å². The topological polar surface area (TPSA) is 85.4 Å². The Morgan fingerprint density at radius 3 is 2.14 bits per heavy atom. The van der Waals surface area contributed by atoms with Gasteiger partial charge in [0.25, 0.3) is 5.91 Å². The molecule has 0 spiro atoms. The van der Waals surface area contributed by atoms with Crippen LogP contribution in [0.4, 0.5) is 13.2 Å². The zero-order chi connectivity index (χ0) is 21.3. The summed E-state index contributed by atoms with van der Waals surface area (Å²) >= 11 is 0. The van der Waals surface area contributed by atoms with Gasteiger partial charge in [-0.05, 0) is 45.1 Å². The number of nitrogens with zero attached hydrogens (tertiary/aromatic N) is 1. The molecule has 0 aliphatic heterocycles. The molecule has 2 rings (SSSR count). The van der Waals surface area contributed by atoms with Crippen LogP contribution >= 0.6 is 0 Å². The number of amides is 1. The van der Waals surface area contributed by atoms with E-state index in [1.54, 1.807) is 0 Å². The van der Waals surface area contributed by atoms with Gasteiger partial charge in [-0.1, -0.05) is 30.3 Å².